The Labute approximate surface area is 384 Å². The molecule has 0 saturated carbocycles. The van der Waals surface area contributed by atoms with Gasteiger partial charge in [-0.15, -0.1) is 0 Å². The number of hydrogen-bond acceptors (Lipinski definition) is 2. The predicted octanol–water partition coefficient (Wildman–Crippen LogP) is 13.7. The van der Waals surface area contributed by atoms with Gasteiger partial charge in [-0.2, -0.15) is 0 Å². The first-order valence-electron chi connectivity index (χ1n) is 23.2. The van der Waals surface area contributed by atoms with E-state index in [9.17, 15) is 0 Å². The zero-order valence-corrected chi connectivity index (χ0v) is 40.6. The number of para-hydroxylation sites is 2. The number of nitrogens with zero attached hydrogens (tertiary/aromatic N) is 5. The van der Waals surface area contributed by atoms with E-state index in [1.807, 2.05) is 19.4 Å². The van der Waals surface area contributed by atoms with Crippen molar-refractivity contribution in [3.05, 3.63) is 166 Å². The molecule has 3 aromatic heterocycles. The van der Waals surface area contributed by atoms with Gasteiger partial charge in [0.05, 0.1) is 40.2 Å². The summed E-state index contributed by atoms with van der Waals surface area (Å²) < 4.78 is 15.8. The second-order valence-corrected chi connectivity index (χ2v) is 23.0. The fraction of sp³-hybridized carbons (Fsp3) is 0.322. The van der Waals surface area contributed by atoms with Crippen molar-refractivity contribution < 1.29 is 9.30 Å². The molecule has 11 rings (SSSR count). The molecule has 0 atom stereocenters. The van der Waals surface area contributed by atoms with Crippen molar-refractivity contribution >= 4 is 32.8 Å². The van der Waals surface area contributed by atoms with E-state index in [1.165, 1.54) is 66.5 Å². The molecule has 0 radical (unpaired) electrons. The average Bonchev–Trinajstić information content (AvgIpc) is 3.98. The Kier molecular flexibility index (Phi) is 8.48. The van der Waals surface area contributed by atoms with Crippen molar-refractivity contribution in [3.63, 3.8) is 0 Å². The number of benzene rings is 6. The van der Waals surface area contributed by atoms with E-state index in [0.29, 0.717) is 0 Å². The second kappa shape index (κ2) is 13.3. The summed E-state index contributed by atoms with van der Waals surface area (Å²) in [5.74, 6) is 2.39. The molecule has 2 aliphatic rings. The quantitative estimate of drug-likeness (QED) is 0.131. The summed E-state index contributed by atoms with van der Waals surface area (Å²) >= 11 is 0. The van der Waals surface area contributed by atoms with E-state index in [-0.39, 0.29) is 21.7 Å². The number of imidazole rings is 2. The largest absolute Gasteiger partial charge is 0.458 e. The molecule has 328 valence electrons. The molecule has 0 saturated heterocycles. The monoisotopic (exact) mass is 855 g/mol. The Morgan fingerprint density at radius 3 is 1.80 bits per heavy atom. The number of aryl methyl sites for hydroxylation is 2. The third-order valence-electron chi connectivity index (χ3n) is 14.4. The van der Waals surface area contributed by atoms with E-state index in [4.69, 9.17) is 9.72 Å². The highest BCUT2D eigenvalue weighted by Gasteiger charge is 2.54. The van der Waals surface area contributed by atoms with E-state index >= 15 is 0 Å². The number of aromatic nitrogens is 5. The van der Waals surface area contributed by atoms with Gasteiger partial charge in [-0.1, -0.05) is 150 Å². The maximum atomic E-state index is 7.02. The number of rotatable bonds is 3. The van der Waals surface area contributed by atoms with Gasteiger partial charge in [-0.25, -0.2) is 4.98 Å². The van der Waals surface area contributed by atoms with E-state index in [1.54, 1.807) is 0 Å². The van der Waals surface area contributed by atoms with Crippen molar-refractivity contribution in [1.82, 2.24) is 18.7 Å². The fourth-order valence-electron chi connectivity index (χ4n) is 11.2. The first-order chi connectivity index (χ1) is 30.6. The van der Waals surface area contributed by atoms with Crippen LogP contribution < -0.4 is 9.30 Å². The standard InChI is InChI=1S/C59H61N5O/c1-55(2,3)35-28-41-42-29-36(56(4,5)6)31-46(58(10,11)12)52(42)59(51(41)45(30-35)57(7,8)9)43-25-23-38(33-50(43)63-34-62(14)48-21-17-19-44(59)53(48)63)65-37-22-24-40-39-18-15-16-20-47(39)64(49(40)32-37)54-60-26-27-61(54)13/h15-33H,1-14H3. The molecule has 65 heavy (non-hydrogen) atoms. The summed E-state index contributed by atoms with van der Waals surface area (Å²) in [5, 5.41) is 2.34. The third-order valence-corrected chi connectivity index (χ3v) is 14.4. The molecule has 6 nitrogen and oxygen atoms in total. The SMILES string of the molecule is Cn1ccnc1-n1c2ccccc2c2ccc(Oc3ccc4c(c3)-n3[c-][n+](C)c5cccc(c53)C43c4c(cc(C(C)(C)C)cc4C(C)(C)C)-c4cc(C(C)(C)C)cc(C(C)(C)C)c43)cc21. The van der Waals surface area contributed by atoms with Crippen LogP contribution in [0.4, 0.5) is 0 Å². The summed E-state index contributed by atoms with van der Waals surface area (Å²) in [4.78, 5) is 4.78. The molecule has 6 aromatic carbocycles. The van der Waals surface area contributed by atoms with Gasteiger partial charge < -0.3 is 18.4 Å². The molecular formula is C59H61N5O. The Balaban J connectivity index is 1.23. The van der Waals surface area contributed by atoms with Gasteiger partial charge in [0.15, 0.2) is 0 Å². The molecule has 0 amide bonds. The van der Waals surface area contributed by atoms with Crippen molar-refractivity contribution in [2.45, 2.75) is 110 Å². The Hall–Kier alpha value is -6.40. The molecule has 1 aliphatic heterocycles. The maximum absolute atomic E-state index is 7.02. The minimum Gasteiger partial charge on any atom is -0.458 e. The summed E-state index contributed by atoms with van der Waals surface area (Å²) in [6.45, 7) is 28.6. The summed E-state index contributed by atoms with van der Waals surface area (Å²) in [6.07, 6.45) is 7.62. The van der Waals surface area contributed by atoms with E-state index < -0.39 is 5.41 Å². The van der Waals surface area contributed by atoms with Crippen LogP contribution in [0.1, 0.15) is 128 Å². The summed E-state index contributed by atoms with van der Waals surface area (Å²) in [7, 11) is 4.17. The fourth-order valence-corrected chi connectivity index (χ4v) is 11.2. The van der Waals surface area contributed by atoms with Crippen LogP contribution in [0.2, 0.25) is 0 Å². The highest BCUT2D eigenvalue weighted by molar-refractivity contribution is 6.09. The predicted molar refractivity (Wildman–Crippen MR) is 267 cm³/mol. The molecule has 1 spiro atoms. The van der Waals surface area contributed by atoms with Crippen LogP contribution in [-0.2, 0) is 41.2 Å². The van der Waals surface area contributed by atoms with Crippen LogP contribution in [0.3, 0.4) is 0 Å². The zero-order chi connectivity index (χ0) is 45.9. The van der Waals surface area contributed by atoms with Gasteiger partial charge in [0.1, 0.15) is 11.5 Å². The summed E-state index contributed by atoms with van der Waals surface area (Å²) in [5.41, 5.74) is 18.0. The van der Waals surface area contributed by atoms with Crippen molar-refractivity contribution in [1.29, 1.82) is 0 Å². The molecular weight excluding hydrogens is 795 g/mol. The lowest BCUT2D eigenvalue weighted by molar-refractivity contribution is -0.649. The van der Waals surface area contributed by atoms with Crippen molar-refractivity contribution in [2.24, 2.45) is 14.1 Å². The van der Waals surface area contributed by atoms with Gasteiger partial charge in [-0.05, 0) is 108 Å². The maximum Gasteiger partial charge on any atom is 0.244 e. The van der Waals surface area contributed by atoms with Gasteiger partial charge in [0, 0.05) is 36.3 Å². The third kappa shape index (κ3) is 5.84. The lowest BCUT2D eigenvalue weighted by Gasteiger charge is -2.45. The van der Waals surface area contributed by atoms with Crippen LogP contribution in [-0.4, -0.2) is 18.7 Å². The minimum atomic E-state index is -0.646. The molecule has 6 heteroatoms. The highest BCUT2D eigenvalue weighted by Crippen LogP contribution is 2.65. The van der Waals surface area contributed by atoms with E-state index in [2.05, 4.69) is 218 Å². The van der Waals surface area contributed by atoms with Gasteiger partial charge in [0.25, 0.3) is 0 Å². The molecule has 0 unspecified atom stereocenters. The van der Waals surface area contributed by atoms with Crippen molar-refractivity contribution in [3.8, 4) is 34.3 Å². The number of ether oxygens (including phenoxy) is 1. The molecule has 1 aliphatic carbocycles. The molecule has 0 N–H and O–H groups in total. The lowest BCUT2D eigenvalue weighted by Crippen LogP contribution is -2.38. The number of hydrogen-bond donors (Lipinski definition) is 0. The van der Waals surface area contributed by atoms with Crippen LogP contribution in [0.25, 0.3) is 55.6 Å². The van der Waals surface area contributed by atoms with Crippen LogP contribution in [0.5, 0.6) is 11.5 Å². The number of fused-ring (bicyclic) bond motifs is 12. The normalized spacial score (nSPS) is 14.4. The molecule has 9 aromatic rings. The molecule has 0 fully saturated rings. The second-order valence-electron chi connectivity index (χ2n) is 23.0. The summed E-state index contributed by atoms with van der Waals surface area (Å²) in [6, 6.07) is 38.9. The van der Waals surface area contributed by atoms with Crippen molar-refractivity contribution in [2.75, 3.05) is 0 Å². The molecule has 4 heterocycles. The highest BCUT2D eigenvalue weighted by atomic mass is 16.5. The first kappa shape index (κ1) is 41.3. The smallest absolute Gasteiger partial charge is 0.244 e. The van der Waals surface area contributed by atoms with Crippen LogP contribution in [0, 0.1) is 6.33 Å². The lowest BCUT2D eigenvalue weighted by atomic mass is 9.60. The molecule has 0 bridgehead atoms. The topological polar surface area (TPSA) is 40.8 Å². The first-order valence-corrected chi connectivity index (χ1v) is 23.2. The van der Waals surface area contributed by atoms with E-state index in [0.717, 1.165) is 45.1 Å². The average molecular weight is 856 g/mol. The Morgan fingerprint density at radius 2 is 1.20 bits per heavy atom. The Morgan fingerprint density at radius 1 is 0.600 bits per heavy atom. The zero-order valence-electron chi connectivity index (χ0n) is 40.6. The van der Waals surface area contributed by atoms with Gasteiger partial charge >= 0.3 is 0 Å². The van der Waals surface area contributed by atoms with Gasteiger partial charge in [-0.3, -0.25) is 4.57 Å². The Bertz CT molecular complexity index is 3390. The minimum absolute atomic E-state index is 0.0532. The van der Waals surface area contributed by atoms with Gasteiger partial charge in [0.2, 0.25) is 12.3 Å². The van der Waals surface area contributed by atoms with Crippen LogP contribution >= 0.6 is 0 Å². The van der Waals surface area contributed by atoms with Crippen LogP contribution in [0.15, 0.2) is 116 Å².